The Labute approximate surface area is 166 Å². The predicted molar refractivity (Wildman–Crippen MR) is 108 cm³/mol. The lowest BCUT2D eigenvalue weighted by Crippen LogP contribution is -2.37. The molecule has 2 heterocycles. The van der Waals surface area contributed by atoms with Crippen molar-refractivity contribution in [2.24, 2.45) is 0 Å². The van der Waals surface area contributed by atoms with Crippen molar-refractivity contribution in [2.45, 2.75) is 52.1 Å². The third kappa shape index (κ3) is 3.35. The van der Waals surface area contributed by atoms with Gasteiger partial charge >= 0.3 is 0 Å². The highest BCUT2D eigenvalue weighted by Gasteiger charge is 2.38. The van der Waals surface area contributed by atoms with E-state index in [-0.39, 0.29) is 11.8 Å². The van der Waals surface area contributed by atoms with Gasteiger partial charge in [-0.05, 0) is 79.7 Å². The minimum Gasteiger partial charge on any atom is -0.300 e. The molecule has 5 nitrogen and oxygen atoms in total. The number of fused-ring (bicyclic) bond motifs is 2. The van der Waals surface area contributed by atoms with Crippen LogP contribution in [-0.2, 0) is 19.4 Å². The summed E-state index contributed by atoms with van der Waals surface area (Å²) in [5.74, 6) is -0.357. The number of aromatic nitrogens is 1. The number of amides is 2. The summed E-state index contributed by atoms with van der Waals surface area (Å²) in [6, 6.07) is 8.12. The van der Waals surface area contributed by atoms with Gasteiger partial charge < -0.3 is 0 Å². The first-order valence-corrected chi connectivity index (χ1v) is 10.3. The number of carbonyl (C=O) groups is 2. The normalized spacial score (nSPS) is 16.2. The fourth-order valence-electron chi connectivity index (χ4n) is 4.51. The standard InChI is InChI=1S/C23H27N3O2/c1-3-9-25(10-4-2)19-11-17-13-20-21(14-18(17)12-19)23(28)26(22(20)27)15-16-5-7-24-8-6-16/h5-8,13-14,19H,3-4,9-12,15H2,1-2H3. The number of nitrogens with zero attached hydrogens (tertiary/aromatic N) is 3. The molecule has 0 atom stereocenters. The van der Waals surface area contributed by atoms with Crippen LogP contribution in [0, 0.1) is 0 Å². The van der Waals surface area contributed by atoms with Crippen molar-refractivity contribution in [1.29, 1.82) is 0 Å². The number of imide groups is 1. The molecule has 5 heteroatoms. The highest BCUT2D eigenvalue weighted by molar-refractivity contribution is 6.21. The van der Waals surface area contributed by atoms with Crippen LogP contribution in [0.2, 0.25) is 0 Å². The monoisotopic (exact) mass is 377 g/mol. The van der Waals surface area contributed by atoms with Gasteiger partial charge in [0.15, 0.2) is 0 Å². The topological polar surface area (TPSA) is 53.5 Å². The highest BCUT2D eigenvalue weighted by atomic mass is 16.2. The van der Waals surface area contributed by atoms with Crippen molar-refractivity contribution in [2.75, 3.05) is 13.1 Å². The third-order valence-corrected chi connectivity index (χ3v) is 5.83. The Bertz CT molecular complexity index is 843. The molecule has 0 bridgehead atoms. The van der Waals surface area contributed by atoms with Crippen LogP contribution >= 0.6 is 0 Å². The van der Waals surface area contributed by atoms with Gasteiger partial charge in [0.1, 0.15) is 0 Å². The largest absolute Gasteiger partial charge is 0.300 e. The fraction of sp³-hybridized carbons (Fsp3) is 0.435. The lowest BCUT2D eigenvalue weighted by molar-refractivity contribution is 0.0642. The van der Waals surface area contributed by atoms with Gasteiger partial charge in [0.25, 0.3) is 11.8 Å². The molecule has 0 saturated heterocycles. The van der Waals surface area contributed by atoms with Crippen LogP contribution in [0.15, 0.2) is 36.7 Å². The number of pyridine rings is 1. The Morgan fingerprint density at radius 2 is 1.50 bits per heavy atom. The molecule has 1 aromatic heterocycles. The van der Waals surface area contributed by atoms with E-state index >= 15 is 0 Å². The van der Waals surface area contributed by atoms with E-state index in [0.717, 1.165) is 44.3 Å². The molecule has 1 aliphatic heterocycles. The Hall–Kier alpha value is -2.53. The second kappa shape index (κ2) is 7.84. The minimum atomic E-state index is -0.179. The van der Waals surface area contributed by atoms with Gasteiger partial charge in [0.2, 0.25) is 0 Å². The van der Waals surface area contributed by atoms with Gasteiger partial charge in [-0.15, -0.1) is 0 Å². The summed E-state index contributed by atoms with van der Waals surface area (Å²) in [4.78, 5) is 33.7. The summed E-state index contributed by atoms with van der Waals surface area (Å²) in [6.45, 7) is 6.93. The summed E-state index contributed by atoms with van der Waals surface area (Å²) < 4.78 is 0. The summed E-state index contributed by atoms with van der Waals surface area (Å²) in [5, 5.41) is 0. The van der Waals surface area contributed by atoms with E-state index in [9.17, 15) is 9.59 Å². The van der Waals surface area contributed by atoms with Crippen LogP contribution in [0.25, 0.3) is 0 Å². The van der Waals surface area contributed by atoms with E-state index in [2.05, 4.69) is 23.7 Å². The Morgan fingerprint density at radius 1 is 0.964 bits per heavy atom. The molecule has 2 amide bonds. The molecule has 28 heavy (non-hydrogen) atoms. The number of hydrogen-bond acceptors (Lipinski definition) is 4. The molecule has 1 aliphatic carbocycles. The van der Waals surface area contributed by atoms with Crippen molar-refractivity contribution in [1.82, 2.24) is 14.8 Å². The summed E-state index contributed by atoms with van der Waals surface area (Å²) >= 11 is 0. The maximum absolute atomic E-state index is 12.9. The molecule has 0 N–H and O–H groups in total. The van der Waals surface area contributed by atoms with Gasteiger partial charge in [-0.2, -0.15) is 0 Å². The molecule has 0 fully saturated rings. The van der Waals surface area contributed by atoms with Crippen molar-refractivity contribution >= 4 is 11.8 Å². The summed E-state index contributed by atoms with van der Waals surface area (Å²) in [6.07, 6.45) is 7.58. The molecule has 0 radical (unpaired) electrons. The Morgan fingerprint density at radius 3 is 2.00 bits per heavy atom. The molecule has 0 unspecified atom stereocenters. The van der Waals surface area contributed by atoms with Crippen LogP contribution in [0.1, 0.15) is 64.1 Å². The van der Waals surface area contributed by atoms with Crippen LogP contribution < -0.4 is 0 Å². The molecular weight excluding hydrogens is 350 g/mol. The SMILES string of the molecule is CCCN(CCC)C1Cc2cc3c(cc2C1)C(=O)N(Cc1ccncc1)C3=O. The maximum atomic E-state index is 12.9. The van der Waals surface area contributed by atoms with E-state index in [0.29, 0.717) is 23.7 Å². The van der Waals surface area contributed by atoms with Crippen molar-refractivity contribution in [3.8, 4) is 0 Å². The average molecular weight is 377 g/mol. The smallest absolute Gasteiger partial charge is 0.261 e. The zero-order chi connectivity index (χ0) is 19.7. The van der Waals surface area contributed by atoms with Crippen molar-refractivity contribution in [3.63, 3.8) is 0 Å². The fourth-order valence-corrected chi connectivity index (χ4v) is 4.51. The molecule has 0 saturated carbocycles. The third-order valence-electron chi connectivity index (χ3n) is 5.83. The first kappa shape index (κ1) is 18.8. The van der Waals surface area contributed by atoms with Crippen LogP contribution in [0.4, 0.5) is 0 Å². The summed E-state index contributed by atoms with van der Waals surface area (Å²) in [5.41, 5.74) is 4.50. The molecule has 0 spiro atoms. The molecule has 4 rings (SSSR count). The van der Waals surface area contributed by atoms with Crippen LogP contribution in [0.5, 0.6) is 0 Å². The molecular formula is C23H27N3O2. The number of rotatable bonds is 7. The van der Waals surface area contributed by atoms with Crippen LogP contribution in [0.3, 0.4) is 0 Å². The lowest BCUT2D eigenvalue weighted by atomic mass is 10.0. The van der Waals surface area contributed by atoms with Crippen molar-refractivity contribution in [3.05, 3.63) is 64.5 Å². The van der Waals surface area contributed by atoms with Gasteiger partial charge in [-0.3, -0.25) is 24.4 Å². The second-order valence-electron chi connectivity index (χ2n) is 7.82. The van der Waals surface area contributed by atoms with E-state index < -0.39 is 0 Å². The zero-order valence-corrected chi connectivity index (χ0v) is 16.6. The van der Waals surface area contributed by atoms with E-state index in [4.69, 9.17) is 0 Å². The average Bonchev–Trinajstić information content (AvgIpc) is 3.22. The molecule has 146 valence electrons. The van der Waals surface area contributed by atoms with Gasteiger partial charge in [-0.25, -0.2) is 0 Å². The first-order valence-electron chi connectivity index (χ1n) is 10.3. The molecule has 2 aromatic rings. The lowest BCUT2D eigenvalue weighted by Gasteiger charge is -2.27. The maximum Gasteiger partial charge on any atom is 0.261 e. The van der Waals surface area contributed by atoms with E-state index in [1.54, 1.807) is 12.4 Å². The van der Waals surface area contributed by atoms with Crippen molar-refractivity contribution < 1.29 is 9.59 Å². The Balaban J connectivity index is 1.56. The molecule has 2 aliphatic rings. The predicted octanol–water partition coefficient (Wildman–Crippen LogP) is 3.47. The van der Waals surface area contributed by atoms with Crippen LogP contribution in [-0.4, -0.2) is 45.7 Å². The minimum absolute atomic E-state index is 0.179. The van der Waals surface area contributed by atoms with Gasteiger partial charge in [0, 0.05) is 18.4 Å². The zero-order valence-electron chi connectivity index (χ0n) is 16.6. The van der Waals surface area contributed by atoms with Gasteiger partial charge in [-0.1, -0.05) is 13.8 Å². The molecule has 1 aromatic carbocycles. The second-order valence-corrected chi connectivity index (χ2v) is 7.82. The van der Waals surface area contributed by atoms with E-state index in [1.165, 1.54) is 16.0 Å². The quantitative estimate of drug-likeness (QED) is 0.694. The first-order chi connectivity index (χ1) is 13.6. The highest BCUT2D eigenvalue weighted by Crippen LogP contribution is 2.33. The van der Waals surface area contributed by atoms with E-state index in [1.807, 2.05) is 24.3 Å². The Kier molecular flexibility index (Phi) is 5.27. The number of hydrogen-bond donors (Lipinski definition) is 0. The number of benzene rings is 1. The van der Waals surface area contributed by atoms with Gasteiger partial charge in [0.05, 0.1) is 17.7 Å². The summed E-state index contributed by atoms with van der Waals surface area (Å²) in [7, 11) is 0. The number of carbonyl (C=O) groups excluding carboxylic acids is 2.